The molecule has 25 heavy (non-hydrogen) atoms. The topological polar surface area (TPSA) is 106 Å². The highest BCUT2D eigenvalue weighted by molar-refractivity contribution is 5.85. The molecule has 0 aliphatic carbocycles. The summed E-state index contributed by atoms with van der Waals surface area (Å²) >= 11 is 0. The Kier molecular flexibility index (Phi) is 6.16. The van der Waals surface area contributed by atoms with E-state index < -0.39 is 17.5 Å². The second kappa shape index (κ2) is 8.32. The number of amides is 1. The summed E-state index contributed by atoms with van der Waals surface area (Å²) in [5.41, 5.74) is 1.61. The fourth-order valence-electron chi connectivity index (χ4n) is 2.54. The smallest absolute Gasteiger partial charge is 0.336 e. The largest absolute Gasteiger partial charge is 0.483 e. The van der Waals surface area contributed by atoms with Crippen molar-refractivity contribution in [3.8, 4) is 5.75 Å². The van der Waals surface area contributed by atoms with E-state index in [0.29, 0.717) is 16.9 Å². The van der Waals surface area contributed by atoms with Crippen LogP contribution in [0.2, 0.25) is 0 Å². The molecule has 0 radical (unpaired) electrons. The van der Waals surface area contributed by atoms with Gasteiger partial charge in [0.25, 0.3) is 5.91 Å². The monoisotopic (exact) mass is 347 g/mol. The summed E-state index contributed by atoms with van der Waals surface area (Å²) in [6.07, 6.45) is 1.53. The molecule has 1 aromatic heterocycles. The van der Waals surface area contributed by atoms with Crippen LogP contribution in [-0.2, 0) is 16.0 Å². The number of aliphatic carboxylic acids is 1. The van der Waals surface area contributed by atoms with Crippen molar-refractivity contribution in [3.05, 3.63) is 39.7 Å². The molecule has 0 unspecified atom stereocenters. The molecule has 0 aliphatic heterocycles. The second-order valence-electron chi connectivity index (χ2n) is 5.69. The van der Waals surface area contributed by atoms with Crippen LogP contribution in [-0.4, -0.2) is 30.1 Å². The minimum absolute atomic E-state index is 0.0451. The highest BCUT2D eigenvalue weighted by Gasteiger charge is 2.12. The van der Waals surface area contributed by atoms with Crippen molar-refractivity contribution in [3.63, 3.8) is 0 Å². The van der Waals surface area contributed by atoms with Crippen LogP contribution in [0.3, 0.4) is 0 Å². The average Bonchev–Trinajstić information content (AvgIpc) is 2.54. The lowest BCUT2D eigenvalue weighted by molar-refractivity contribution is -0.137. The number of carboxylic acids is 1. The van der Waals surface area contributed by atoms with Crippen LogP contribution in [0.25, 0.3) is 11.0 Å². The predicted molar refractivity (Wildman–Crippen MR) is 92.0 cm³/mol. The van der Waals surface area contributed by atoms with E-state index in [0.717, 1.165) is 23.8 Å². The van der Waals surface area contributed by atoms with Crippen LogP contribution < -0.4 is 15.7 Å². The van der Waals surface area contributed by atoms with Gasteiger partial charge >= 0.3 is 11.6 Å². The molecule has 7 heteroatoms. The summed E-state index contributed by atoms with van der Waals surface area (Å²) in [4.78, 5) is 33.8. The fourth-order valence-corrected chi connectivity index (χ4v) is 2.54. The molecule has 2 rings (SSSR count). The van der Waals surface area contributed by atoms with Gasteiger partial charge < -0.3 is 19.6 Å². The first-order valence-corrected chi connectivity index (χ1v) is 8.10. The van der Waals surface area contributed by atoms with Crippen molar-refractivity contribution in [2.45, 2.75) is 33.1 Å². The normalized spacial score (nSPS) is 10.6. The second-order valence-corrected chi connectivity index (χ2v) is 5.69. The Morgan fingerprint density at radius 1 is 1.32 bits per heavy atom. The maximum Gasteiger partial charge on any atom is 0.336 e. The summed E-state index contributed by atoms with van der Waals surface area (Å²) < 4.78 is 10.8. The van der Waals surface area contributed by atoms with Crippen molar-refractivity contribution in [2.24, 2.45) is 0 Å². The molecular weight excluding hydrogens is 326 g/mol. The van der Waals surface area contributed by atoms with Crippen LogP contribution in [0.4, 0.5) is 0 Å². The molecule has 7 nitrogen and oxygen atoms in total. The number of nitrogens with one attached hydrogen (secondary N) is 1. The third kappa shape index (κ3) is 4.82. The molecule has 0 fully saturated rings. The molecule has 2 aromatic rings. The summed E-state index contributed by atoms with van der Waals surface area (Å²) in [6.45, 7) is 3.60. The lowest BCUT2D eigenvalue weighted by Gasteiger charge is -2.12. The van der Waals surface area contributed by atoms with Gasteiger partial charge in [0, 0.05) is 23.6 Å². The highest BCUT2D eigenvalue weighted by Crippen LogP contribution is 2.28. The molecule has 0 bridgehead atoms. The number of carbonyl (C=O) groups excluding carboxylic acids is 1. The maximum absolute atomic E-state index is 11.8. The van der Waals surface area contributed by atoms with Gasteiger partial charge in [-0.05, 0) is 31.0 Å². The first-order valence-electron chi connectivity index (χ1n) is 8.10. The first-order chi connectivity index (χ1) is 11.9. The van der Waals surface area contributed by atoms with Crippen LogP contribution in [0.5, 0.6) is 5.75 Å². The minimum Gasteiger partial charge on any atom is -0.483 e. The van der Waals surface area contributed by atoms with E-state index in [2.05, 4.69) is 5.32 Å². The van der Waals surface area contributed by atoms with Crippen LogP contribution in [0.15, 0.2) is 27.4 Å². The van der Waals surface area contributed by atoms with Gasteiger partial charge in [0.1, 0.15) is 11.3 Å². The van der Waals surface area contributed by atoms with Crippen molar-refractivity contribution in [2.75, 3.05) is 13.2 Å². The molecular formula is C18H21NO6. The Labute approximate surface area is 144 Å². The quantitative estimate of drug-likeness (QED) is 0.708. The standard InChI is InChI=1S/C18H21NO6/c1-3-4-12-9-17(23)25-18-11(2)14(6-5-13(12)18)24-10-15(20)19-8-7-16(21)22/h5-6,9H,3-4,7-8,10H2,1-2H3,(H,19,20)(H,21,22). The highest BCUT2D eigenvalue weighted by atomic mass is 16.5. The number of fused-ring (bicyclic) bond motifs is 1. The Morgan fingerprint density at radius 3 is 2.76 bits per heavy atom. The van der Waals surface area contributed by atoms with Gasteiger partial charge in [-0.25, -0.2) is 4.79 Å². The lowest BCUT2D eigenvalue weighted by Crippen LogP contribution is -2.30. The Hall–Kier alpha value is -2.83. The molecule has 2 N–H and O–H groups in total. The molecule has 0 saturated heterocycles. The summed E-state index contributed by atoms with van der Waals surface area (Å²) in [5.74, 6) is -0.955. The predicted octanol–water partition coefficient (Wildman–Crippen LogP) is 2.02. The zero-order chi connectivity index (χ0) is 18.4. The zero-order valence-corrected chi connectivity index (χ0v) is 14.3. The molecule has 1 amide bonds. The van der Waals surface area contributed by atoms with Crippen LogP contribution in [0, 0.1) is 6.92 Å². The number of rotatable bonds is 8. The van der Waals surface area contributed by atoms with Crippen LogP contribution in [0.1, 0.15) is 30.9 Å². The van der Waals surface area contributed by atoms with Gasteiger partial charge in [0.15, 0.2) is 6.61 Å². The molecule has 0 atom stereocenters. The molecule has 0 spiro atoms. The first kappa shape index (κ1) is 18.5. The van der Waals surface area contributed by atoms with E-state index >= 15 is 0 Å². The van der Waals surface area contributed by atoms with Crippen molar-refractivity contribution < 1.29 is 23.8 Å². The van der Waals surface area contributed by atoms with Crippen molar-refractivity contribution in [1.29, 1.82) is 0 Å². The Balaban J connectivity index is 2.14. The summed E-state index contributed by atoms with van der Waals surface area (Å²) in [5, 5.41) is 11.9. The number of hydrogen-bond acceptors (Lipinski definition) is 5. The van der Waals surface area contributed by atoms with Gasteiger partial charge in [0.2, 0.25) is 0 Å². The van der Waals surface area contributed by atoms with E-state index in [1.807, 2.05) is 13.0 Å². The number of aryl methyl sites for hydroxylation is 2. The SMILES string of the molecule is CCCc1cc(=O)oc2c(C)c(OCC(=O)NCCC(=O)O)ccc12. The molecule has 0 saturated carbocycles. The number of carbonyl (C=O) groups is 2. The van der Waals surface area contributed by atoms with Gasteiger partial charge in [-0.1, -0.05) is 13.3 Å². The van der Waals surface area contributed by atoms with Gasteiger partial charge in [-0.2, -0.15) is 0 Å². The van der Waals surface area contributed by atoms with E-state index in [1.165, 1.54) is 6.07 Å². The molecule has 1 heterocycles. The molecule has 0 aliphatic rings. The Bertz CT molecular complexity index is 839. The van der Waals surface area contributed by atoms with Gasteiger partial charge in [-0.15, -0.1) is 0 Å². The van der Waals surface area contributed by atoms with E-state index in [-0.39, 0.29) is 19.6 Å². The van der Waals surface area contributed by atoms with Crippen molar-refractivity contribution >= 4 is 22.8 Å². The maximum atomic E-state index is 11.8. The summed E-state index contributed by atoms with van der Waals surface area (Å²) in [6, 6.07) is 5.05. The van der Waals surface area contributed by atoms with Gasteiger partial charge in [0.05, 0.1) is 6.42 Å². The lowest BCUT2D eigenvalue weighted by atomic mass is 10.0. The van der Waals surface area contributed by atoms with Crippen molar-refractivity contribution in [1.82, 2.24) is 5.32 Å². The third-order valence-corrected chi connectivity index (χ3v) is 3.74. The zero-order valence-electron chi connectivity index (χ0n) is 14.3. The summed E-state index contributed by atoms with van der Waals surface area (Å²) in [7, 11) is 0. The third-order valence-electron chi connectivity index (χ3n) is 3.74. The number of ether oxygens (including phenoxy) is 1. The average molecular weight is 347 g/mol. The van der Waals surface area contributed by atoms with Gasteiger partial charge in [-0.3, -0.25) is 9.59 Å². The van der Waals surface area contributed by atoms with E-state index in [9.17, 15) is 14.4 Å². The van der Waals surface area contributed by atoms with E-state index in [1.54, 1.807) is 13.0 Å². The Morgan fingerprint density at radius 2 is 2.08 bits per heavy atom. The number of hydrogen-bond donors (Lipinski definition) is 2. The minimum atomic E-state index is -0.982. The molecule has 1 aromatic carbocycles. The van der Waals surface area contributed by atoms with E-state index in [4.69, 9.17) is 14.3 Å². The fraction of sp³-hybridized carbons (Fsp3) is 0.389. The number of carboxylic acid groups (broad SMARTS) is 1. The number of benzene rings is 1. The van der Waals surface area contributed by atoms with Crippen LogP contribution >= 0.6 is 0 Å². The molecule has 134 valence electrons.